The van der Waals surface area contributed by atoms with Gasteiger partial charge in [-0.15, -0.1) is 12.4 Å². The second-order valence-electron chi connectivity index (χ2n) is 4.95. The van der Waals surface area contributed by atoms with Crippen LogP contribution in [-0.2, 0) is 23.0 Å². The van der Waals surface area contributed by atoms with Gasteiger partial charge in [0.1, 0.15) is 6.04 Å². The fraction of sp³-hybridized carbons (Fsp3) is 0.692. The third-order valence-corrected chi connectivity index (χ3v) is 3.24. The molecule has 20 heavy (non-hydrogen) atoms. The van der Waals surface area contributed by atoms with Crippen LogP contribution in [0.4, 0.5) is 0 Å². The molecule has 1 aromatic heterocycles. The van der Waals surface area contributed by atoms with E-state index in [9.17, 15) is 4.79 Å². The van der Waals surface area contributed by atoms with Gasteiger partial charge < -0.3 is 15.8 Å². The number of methoxy groups -OCH3 is 1. The van der Waals surface area contributed by atoms with Gasteiger partial charge in [0.15, 0.2) is 0 Å². The molecule has 0 aliphatic heterocycles. The smallest absolute Gasteiger partial charge is 0.239 e. The molecular formula is C13H25ClN4O2. The summed E-state index contributed by atoms with van der Waals surface area (Å²) in [5.74, 6) is -0.187. The van der Waals surface area contributed by atoms with Gasteiger partial charge in [0.2, 0.25) is 5.91 Å². The van der Waals surface area contributed by atoms with Gasteiger partial charge in [-0.3, -0.25) is 9.48 Å². The number of ether oxygens (including phenoxy) is 1. The number of aromatic nitrogens is 2. The van der Waals surface area contributed by atoms with Crippen molar-refractivity contribution < 1.29 is 9.53 Å². The molecule has 0 saturated heterocycles. The maximum atomic E-state index is 11.8. The van der Waals surface area contributed by atoms with Gasteiger partial charge in [0.25, 0.3) is 0 Å². The molecular weight excluding hydrogens is 280 g/mol. The van der Waals surface area contributed by atoms with Gasteiger partial charge in [-0.05, 0) is 32.8 Å². The van der Waals surface area contributed by atoms with Crippen molar-refractivity contribution in [1.29, 1.82) is 0 Å². The fourth-order valence-corrected chi connectivity index (χ4v) is 2.08. The van der Waals surface area contributed by atoms with Crippen LogP contribution in [0.25, 0.3) is 0 Å². The Balaban J connectivity index is 0.00000361. The second kappa shape index (κ2) is 8.24. The highest BCUT2D eigenvalue weighted by Crippen LogP contribution is 2.14. The lowest BCUT2D eigenvalue weighted by Gasteiger charge is -2.17. The number of nitrogens with zero attached hydrogens (tertiary/aromatic N) is 2. The van der Waals surface area contributed by atoms with Crippen LogP contribution in [0.5, 0.6) is 0 Å². The predicted octanol–water partition coefficient (Wildman–Crippen LogP) is 0.480. The molecule has 0 fully saturated rings. The van der Waals surface area contributed by atoms with Crippen molar-refractivity contribution in [3.05, 3.63) is 17.0 Å². The Morgan fingerprint density at radius 2 is 2.10 bits per heavy atom. The van der Waals surface area contributed by atoms with Crippen LogP contribution in [-0.4, -0.2) is 41.5 Å². The van der Waals surface area contributed by atoms with Crippen molar-refractivity contribution in [2.75, 3.05) is 13.7 Å². The van der Waals surface area contributed by atoms with E-state index in [0.29, 0.717) is 0 Å². The van der Waals surface area contributed by atoms with E-state index in [-0.39, 0.29) is 31.0 Å². The Labute approximate surface area is 126 Å². The van der Waals surface area contributed by atoms with Crippen molar-refractivity contribution in [1.82, 2.24) is 15.1 Å². The number of rotatable bonds is 6. The molecule has 0 saturated carbocycles. The molecule has 0 aliphatic rings. The highest BCUT2D eigenvalue weighted by Gasteiger charge is 2.18. The summed E-state index contributed by atoms with van der Waals surface area (Å²) in [5.41, 5.74) is 8.98. The van der Waals surface area contributed by atoms with E-state index >= 15 is 0 Å². The summed E-state index contributed by atoms with van der Waals surface area (Å²) in [5, 5.41) is 7.26. The molecule has 6 nitrogen and oxygen atoms in total. The number of halogens is 1. The first kappa shape index (κ1) is 18.9. The van der Waals surface area contributed by atoms with Crippen molar-refractivity contribution in [2.45, 2.75) is 39.3 Å². The van der Waals surface area contributed by atoms with Crippen LogP contribution < -0.4 is 11.1 Å². The molecule has 2 atom stereocenters. The van der Waals surface area contributed by atoms with Gasteiger partial charge in [-0.25, -0.2) is 0 Å². The van der Waals surface area contributed by atoms with Crippen LogP contribution in [0, 0.1) is 13.8 Å². The normalized spacial score (nSPS) is 13.5. The Bertz CT molecular complexity index is 448. The lowest BCUT2D eigenvalue weighted by molar-refractivity contribution is -0.124. The third-order valence-electron chi connectivity index (χ3n) is 3.24. The number of carbonyl (C=O) groups excluding carboxylic acids is 1. The minimum absolute atomic E-state index is 0. The largest absolute Gasteiger partial charge is 0.383 e. The zero-order chi connectivity index (χ0) is 14.6. The minimum atomic E-state index is -0.622. The lowest BCUT2D eigenvalue weighted by Crippen LogP contribution is -2.47. The number of nitrogens with one attached hydrogen (secondary N) is 1. The molecule has 1 heterocycles. The first-order valence-electron chi connectivity index (χ1n) is 6.40. The molecule has 0 spiro atoms. The minimum Gasteiger partial charge on any atom is -0.383 e. The van der Waals surface area contributed by atoms with Crippen molar-refractivity contribution in [3.63, 3.8) is 0 Å². The molecule has 116 valence electrons. The summed E-state index contributed by atoms with van der Waals surface area (Å²) in [6.45, 7) is 6.20. The Kier molecular flexibility index (Phi) is 7.78. The highest BCUT2D eigenvalue weighted by molar-refractivity contribution is 5.85. The number of hydrogen-bond acceptors (Lipinski definition) is 4. The maximum Gasteiger partial charge on any atom is 0.239 e. The molecule has 2 unspecified atom stereocenters. The summed E-state index contributed by atoms with van der Waals surface area (Å²) in [6, 6.07) is -0.611. The number of amides is 1. The van der Waals surface area contributed by atoms with Gasteiger partial charge in [0, 0.05) is 25.9 Å². The standard InChI is InChI=1S/C13H24N4O2.ClH/c1-8(15-13(18)12(14)7-19-5)6-11-9(2)16-17(4)10(11)3;/h8,12H,6-7,14H2,1-5H3,(H,15,18);1H. The van der Waals surface area contributed by atoms with Crippen LogP contribution in [0.1, 0.15) is 23.9 Å². The number of aryl methyl sites for hydroxylation is 2. The monoisotopic (exact) mass is 304 g/mol. The van der Waals surface area contributed by atoms with Crippen LogP contribution in [0.15, 0.2) is 0 Å². The van der Waals surface area contributed by atoms with E-state index in [4.69, 9.17) is 10.5 Å². The van der Waals surface area contributed by atoms with Crippen LogP contribution in [0.2, 0.25) is 0 Å². The summed E-state index contributed by atoms with van der Waals surface area (Å²) >= 11 is 0. The molecule has 7 heteroatoms. The van der Waals surface area contributed by atoms with Gasteiger partial charge in [0.05, 0.1) is 12.3 Å². The van der Waals surface area contributed by atoms with Crippen molar-refractivity contribution >= 4 is 18.3 Å². The average Bonchev–Trinajstić information content (AvgIpc) is 2.56. The van der Waals surface area contributed by atoms with E-state index in [0.717, 1.165) is 17.8 Å². The number of hydrogen-bond donors (Lipinski definition) is 2. The maximum absolute atomic E-state index is 11.8. The summed E-state index contributed by atoms with van der Waals surface area (Å²) in [7, 11) is 3.45. The van der Waals surface area contributed by atoms with Gasteiger partial charge >= 0.3 is 0 Å². The molecule has 0 aliphatic carbocycles. The number of nitrogens with two attached hydrogens (primary N) is 1. The predicted molar refractivity (Wildman–Crippen MR) is 81.1 cm³/mol. The molecule has 0 bridgehead atoms. The van der Waals surface area contributed by atoms with Crippen molar-refractivity contribution in [2.24, 2.45) is 12.8 Å². The van der Waals surface area contributed by atoms with Gasteiger partial charge in [-0.2, -0.15) is 5.10 Å². The SMILES string of the molecule is COCC(N)C(=O)NC(C)Cc1c(C)nn(C)c1C.Cl. The summed E-state index contributed by atoms with van der Waals surface area (Å²) in [4.78, 5) is 11.8. The summed E-state index contributed by atoms with van der Waals surface area (Å²) in [6.07, 6.45) is 0.747. The fourth-order valence-electron chi connectivity index (χ4n) is 2.08. The third kappa shape index (κ3) is 4.77. The van der Waals surface area contributed by atoms with Gasteiger partial charge in [-0.1, -0.05) is 0 Å². The van der Waals surface area contributed by atoms with Crippen LogP contribution >= 0.6 is 12.4 Å². The lowest BCUT2D eigenvalue weighted by atomic mass is 10.1. The van der Waals surface area contributed by atoms with E-state index in [1.54, 1.807) is 0 Å². The van der Waals surface area contributed by atoms with E-state index in [2.05, 4.69) is 10.4 Å². The van der Waals surface area contributed by atoms with E-state index < -0.39 is 6.04 Å². The molecule has 1 amide bonds. The first-order chi connectivity index (χ1) is 8.86. The summed E-state index contributed by atoms with van der Waals surface area (Å²) < 4.78 is 6.72. The van der Waals surface area contributed by atoms with E-state index in [1.807, 2.05) is 32.5 Å². The highest BCUT2D eigenvalue weighted by atomic mass is 35.5. The topological polar surface area (TPSA) is 82.2 Å². The molecule has 0 aromatic carbocycles. The first-order valence-corrected chi connectivity index (χ1v) is 6.40. The zero-order valence-corrected chi connectivity index (χ0v) is 13.6. The molecule has 1 aromatic rings. The molecule has 3 N–H and O–H groups in total. The number of carbonyl (C=O) groups is 1. The Hall–Kier alpha value is -1.11. The molecule has 1 rings (SSSR count). The second-order valence-corrected chi connectivity index (χ2v) is 4.95. The Morgan fingerprint density at radius 3 is 2.55 bits per heavy atom. The van der Waals surface area contributed by atoms with Crippen molar-refractivity contribution in [3.8, 4) is 0 Å². The Morgan fingerprint density at radius 1 is 1.50 bits per heavy atom. The van der Waals surface area contributed by atoms with Crippen LogP contribution in [0.3, 0.4) is 0 Å². The van der Waals surface area contributed by atoms with E-state index in [1.165, 1.54) is 12.7 Å². The zero-order valence-electron chi connectivity index (χ0n) is 12.8. The quantitative estimate of drug-likeness (QED) is 0.801. The average molecular weight is 305 g/mol. The molecule has 0 radical (unpaired) electrons.